The third kappa shape index (κ3) is 5.00. The number of hydrogen-bond donors (Lipinski definition) is 1. The molecule has 9 heteroatoms. The molecule has 1 fully saturated rings. The summed E-state index contributed by atoms with van der Waals surface area (Å²) in [5, 5.41) is 3.42. The van der Waals surface area contributed by atoms with Crippen LogP contribution in [-0.4, -0.2) is 40.8 Å². The number of piperidine rings is 1. The molecule has 30 heavy (non-hydrogen) atoms. The van der Waals surface area contributed by atoms with Gasteiger partial charge in [-0.05, 0) is 45.7 Å². The zero-order chi connectivity index (χ0) is 22.1. The Morgan fingerprint density at radius 3 is 2.30 bits per heavy atom. The van der Waals surface area contributed by atoms with Crippen LogP contribution >= 0.6 is 11.3 Å². The van der Waals surface area contributed by atoms with Crippen molar-refractivity contribution in [3.63, 3.8) is 0 Å². The number of nitrogens with one attached hydrogen (secondary N) is 1. The third-order valence-electron chi connectivity index (χ3n) is 5.03. The van der Waals surface area contributed by atoms with Crippen molar-refractivity contribution < 1.29 is 22.8 Å². The minimum atomic E-state index is -4.39. The van der Waals surface area contributed by atoms with Gasteiger partial charge < -0.3 is 10.2 Å². The van der Waals surface area contributed by atoms with Crippen LogP contribution in [0.1, 0.15) is 47.6 Å². The monoisotopic (exact) mass is 439 g/mol. The number of thiazole rings is 1. The second-order valence-corrected chi connectivity index (χ2v) is 8.74. The van der Waals surface area contributed by atoms with E-state index in [1.807, 2.05) is 13.8 Å². The molecular formula is C21H24F3N3O2S. The highest BCUT2D eigenvalue weighted by atomic mass is 32.1. The van der Waals surface area contributed by atoms with Crippen LogP contribution in [0.3, 0.4) is 0 Å². The zero-order valence-electron chi connectivity index (χ0n) is 17.0. The molecule has 1 aliphatic heterocycles. The number of benzene rings is 1. The number of carbonyl (C=O) groups is 2. The van der Waals surface area contributed by atoms with Gasteiger partial charge in [-0.2, -0.15) is 13.2 Å². The van der Waals surface area contributed by atoms with Gasteiger partial charge in [-0.15, -0.1) is 11.3 Å². The smallest absolute Gasteiger partial charge is 0.354 e. The Morgan fingerprint density at radius 2 is 1.77 bits per heavy atom. The Morgan fingerprint density at radius 1 is 1.17 bits per heavy atom. The topological polar surface area (TPSA) is 62.3 Å². The molecule has 3 rings (SSSR count). The van der Waals surface area contributed by atoms with Crippen molar-refractivity contribution in [2.45, 2.75) is 45.8 Å². The summed E-state index contributed by atoms with van der Waals surface area (Å²) in [5.74, 6) is -0.219. The fourth-order valence-electron chi connectivity index (χ4n) is 3.41. The molecule has 1 saturated heterocycles. The van der Waals surface area contributed by atoms with Crippen molar-refractivity contribution in [2.75, 3.05) is 13.1 Å². The van der Waals surface area contributed by atoms with Gasteiger partial charge in [0.15, 0.2) is 0 Å². The van der Waals surface area contributed by atoms with Crippen molar-refractivity contribution in [3.8, 4) is 10.6 Å². The van der Waals surface area contributed by atoms with E-state index >= 15 is 0 Å². The lowest BCUT2D eigenvalue weighted by atomic mass is 9.95. The summed E-state index contributed by atoms with van der Waals surface area (Å²) in [4.78, 5) is 31.7. The highest BCUT2D eigenvalue weighted by molar-refractivity contribution is 7.17. The first-order chi connectivity index (χ1) is 14.1. The number of amides is 2. The molecule has 0 unspecified atom stereocenters. The average Bonchev–Trinajstić information content (AvgIpc) is 3.08. The summed E-state index contributed by atoms with van der Waals surface area (Å²) in [5.41, 5.74) is 0.374. The van der Waals surface area contributed by atoms with Gasteiger partial charge in [0.1, 0.15) is 9.88 Å². The lowest BCUT2D eigenvalue weighted by Crippen LogP contribution is -2.44. The molecule has 2 aromatic rings. The number of carbonyl (C=O) groups excluding carboxylic acids is 2. The molecule has 162 valence electrons. The van der Waals surface area contributed by atoms with E-state index in [-0.39, 0.29) is 23.8 Å². The van der Waals surface area contributed by atoms with E-state index in [9.17, 15) is 22.8 Å². The van der Waals surface area contributed by atoms with Gasteiger partial charge in [-0.1, -0.05) is 12.1 Å². The average molecular weight is 440 g/mol. The van der Waals surface area contributed by atoms with E-state index < -0.39 is 11.7 Å². The van der Waals surface area contributed by atoms with E-state index in [1.165, 1.54) is 23.5 Å². The largest absolute Gasteiger partial charge is 0.416 e. The molecule has 0 radical (unpaired) electrons. The lowest BCUT2D eigenvalue weighted by Gasteiger charge is -2.31. The van der Waals surface area contributed by atoms with E-state index in [0.717, 1.165) is 12.1 Å². The Kier molecular flexibility index (Phi) is 6.50. The van der Waals surface area contributed by atoms with Crippen molar-refractivity contribution >= 4 is 23.2 Å². The number of alkyl halides is 3. The summed E-state index contributed by atoms with van der Waals surface area (Å²) in [7, 11) is 0. The molecule has 0 saturated carbocycles. The van der Waals surface area contributed by atoms with Crippen molar-refractivity contribution in [1.29, 1.82) is 0 Å². The van der Waals surface area contributed by atoms with E-state index in [2.05, 4.69) is 10.3 Å². The molecule has 1 aliphatic rings. The van der Waals surface area contributed by atoms with Crippen molar-refractivity contribution in [2.24, 2.45) is 5.92 Å². The van der Waals surface area contributed by atoms with Gasteiger partial charge in [0.2, 0.25) is 5.91 Å². The standard InChI is InChI=1S/C21H24F3N3O2S/c1-12(2)25-18(28)14-8-10-27(11-9-14)20(29)17-13(3)26-19(30-17)15-4-6-16(7-5-15)21(22,23)24/h4-7,12,14H,8-11H2,1-3H3,(H,25,28). The first-order valence-electron chi connectivity index (χ1n) is 9.81. The molecule has 0 bridgehead atoms. The number of halogens is 3. The first kappa shape index (κ1) is 22.3. The van der Waals surface area contributed by atoms with Gasteiger partial charge in [0, 0.05) is 30.6 Å². The molecule has 0 atom stereocenters. The maximum atomic E-state index is 13.0. The Balaban J connectivity index is 1.68. The van der Waals surface area contributed by atoms with Crippen LogP contribution in [-0.2, 0) is 11.0 Å². The molecule has 2 heterocycles. The Labute approximate surface area is 177 Å². The highest BCUT2D eigenvalue weighted by Gasteiger charge is 2.31. The van der Waals surface area contributed by atoms with Crippen LogP contribution in [0.25, 0.3) is 10.6 Å². The van der Waals surface area contributed by atoms with E-state index in [1.54, 1.807) is 11.8 Å². The summed E-state index contributed by atoms with van der Waals surface area (Å²) in [6.07, 6.45) is -3.18. The lowest BCUT2D eigenvalue weighted by molar-refractivity contribution is -0.137. The minimum Gasteiger partial charge on any atom is -0.354 e. The van der Waals surface area contributed by atoms with Crippen molar-refractivity contribution in [1.82, 2.24) is 15.2 Å². The summed E-state index contributed by atoms with van der Waals surface area (Å²) in [6.45, 7) is 6.53. The zero-order valence-corrected chi connectivity index (χ0v) is 17.9. The first-order valence-corrected chi connectivity index (χ1v) is 10.6. The quantitative estimate of drug-likeness (QED) is 0.762. The fraction of sp³-hybridized carbons (Fsp3) is 0.476. The van der Waals surface area contributed by atoms with E-state index in [0.29, 0.717) is 47.1 Å². The molecule has 0 spiro atoms. The van der Waals surface area contributed by atoms with Gasteiger partial charge >= 0.3 is 6.18 Å². The Bertz CT molecular complexity index is 915. The maximum Gasteiger partial charge on any atom is 0.416 e. The van der Waals surface area contributed by atoms with E-state index in [4.69, 9.17) is 0 Å². The van der Waals surface area contributed by atoms with Crippen molar-refractivity contribution in [3.05, 3.63) is 40.4 Å². The molecular weight excluding hydrogens is 415 g/mol. The fourth-order valence-corrected chi connectivity index (χ4v) is 4.45. The third-order valence-corrected chi connectivity index (χ3v) is 6.23. The van der Waals surface area contributed by atoms with Gasteiger partial charge in [-0.3, -0.25) is 9.59 Å². The molecule has 2 amide bonds. The number of aromatic nitrogens is 1. The number of nitrogens with zero attached hydrogens (tertiary/aromatic N) is 2. The summed E-state index contributed by atoms with van der Waals surface area (Å²) >= 11 is 1.18. The number of aryl methyl sites for hydroxylation is 1. The maximum absolute atomic E-state index is 13.0. The number of rotatable bonds is 4. The number of likely N-dealkylation sites (tertiary alicyclic amines) is 1. The molecule has 1 N–H and O–H groups in total. The van der Waals surface area contributed by atoms with Gasteiger partial charge in [0.05, 0.1) is 11.3 Å². The highest BCUT2D eigenvalue weighted by Crippen LogP contribution is 2.33. The van der Waals surface area contributed by atoms with Gasteiger partial charge in [-0.25, -0.2) is 4.98 Å². The predicted octanol–water partition coefficient (Wildman–Crippen LogP) is 4.51. The van der Waals surface area contributed by atoms with Crippen LogP contribution < -0.4 is 5.32 Å². The second-order valence-electron chi connectivity index (χ2n) is 7.74. The molecule has 5 nitrogen and oxygen atoms in total. The second kappa shape index (κ2) is 8.75. The SMILES string of the molecule is Cc1nc(-c2ccc(C(F)(F)F)cc2)sc1C(=O)N1CCC(C(=O)NC(C)C)CC1. The summed E-state index contributed by atoms with van der Waals surface area (Å²) in [6, 6.07) is 4.85. The predicted molar refractivity (Wildman–Crippen MR) is 109 cm³/mol. The van der Waals surface area contributed by atoms with Crippen LogP contribution in [0.2, 0.25) is 0 Å². The van der Waals surface area contributed by atoms with Gasteiger partial charge in [0.25, 0.3) is 5.91 Å². The van der Waals surface area contributed by atoms with Crippen LogP contribution in [0.4, 0.5) is 13.2 Å². The summed E-state index contributed by atoms with van der Waals surface area (Å²) < 4.78 is 38.3. The Hall–Kier alpha value is -2.42. The normalized spacial score (nSPS) is 15.5. The minimum absolute atomic E-state index is 0.0238. The number of hydrogen-bond acceptors (Lipinski definition) is 4. The van der Waals surface area contributed by atoms with Crippen LogP contribution in [0, 0.1) is 12.8 Å². The van der Waals surface area contributed by atoms with Crippen LogP contribution in [0.15, 0.2) is 24.3 Å². The molecule has 1 aromatic carbocycles. The molecule has 0 aliphatic carbocycles. The molecule has 1 aromatic heterocycles. The van der Waals surface area contributed by atoms with Crippen LogP contribution in [0.5, 0.6) is 0 Å².